The second-order valence-electron chi connectivity index (χ2n) is 3.97. The van der Waals surface area contributed by atoms with E-state index in [9.17, 15) is 9.59 Å². The summed E-state index contributed by atoms with van der Waals surface area (Å²) in [5.41, 5.74) is 5.87. The number of nitrogens with one attached hydrogen (secondary N) is 2. The van der Waals surface area contributed by atoms with Gasteiger partial charge < -0.3 is 20.5 Å². The Balaban J connectivity index is 2.65. The van der Waals surface area contributed by atoms with Crippen molar-refractivity contribution in [1.82, 2.24) is 10.6 Å². The number of nitrogens with two attached hydrogens (primary N) is 1. The Morgan fingerprint density at radius 1 is 1.30 bits per heavy atom. The van der Waals surface area contributed by atoms with Gasteiger partial charge in [0.15, 0.2) is 18.1 Å². The van der Waals surface area contributed by atoms with E-state index in [1.807, 2.05) is 24.4 Å². The smallest absolute Gasteiger partial charge is 0.318 e. The number of primary amides is 1. The van der Waals surface area contributed by atoms with Crippen LogP contribution < -0.4 is 25.8 Å². The molecular weight excluding hydrogens is 262 g/mol. The predicted molar refractivity (Wildman–Crippen MR) is 73.6 cm³/mol. The monoisotopic (exact) mass is 281 g/mol. The lowest BCUT2D eigenvalue weighted by Crippen LogP contribution is -2.38. The van der Waals surface area contributed by atoms with E-state index in [1.54, 1.807) is 6.07 Å². The van der Waals surface area contributed by atoms with Crippen LogP contribution >= 0.6 is 0 Å². The van der Waals surface area contributed by atoms with Crippen molar-refractivity contribution in [3.63, 3.8) is 0 Å². The molecule has 0 spiro atoms. The van der Waals surface area contributed by atoms with Crippen LogP contribution in [0.4, 0.5) is 4.79 Å². The van der Waals surface area contributed by atoms with E-state index in [2.05, 4.69) is 5.32 Å². The number of rotatable bonds is 7. The molecule has 0 aromatic heterocycles. The first-order chi connectivity index (χ1) is 9.56. The van der Waals surface area contributed by atoms with Gasteiger partial charge in [0.1, 0.15) is 0 Å². The first kappa shape index (κ1) is 15.8. The Labute approximate surface area is 117 Å². The maximum atomic E-state index is 11.2. The highest BCUT2D eigenvalue weighted by Gasteiger charge is 2.09. The molecule has 4 N–H and O–H groups in total. The Hall–Kier alpha value is -2.28. The van der Waals surface area contributed by atoms with Gasteiger partial charge in [0.05, 0.1) is 7.11 Å². The van der Waals surface area contributed by atoms with Gasteiger partial charge in [0, 0.05) is 6.54 Å². The summed E-state index contributed by atoms with van der Waals surface area (Å²) in [6.45, 7) is 3.29. The minimum atomic E-state index is -0.911. The summed E-state index contributed by atoms with van der Waals surface area (Å²) in [6.07, 6.45) is 0. The minimum Gasteiger partial charge on any atom is -0.493 e. The summed E-state index contributed by atoms with van der Waals surface area (Å²) >= 11 is 0. The molecule has 0 saturated heterocycles. The molecule has 110 valence electrons. The van der Waals surface area contributed by atoms with E-state index in [0.29, 0.717) is 11.5 Å². The molecule has 0 unspecified atom stereocenters. The molecule has 0 saturated carbocycles. The van der Waals surface area contributed by atoms with Gasteiger partial charge in [-0.05, 0) is 24.2 Å². The van der Waals surface area contributed by atoms with Crippen LogP contribution in [0.1, 0.15) is 12.5 Å². The average Bonchev–Trinajstić information content (AvgIpc) is 2.42. The summed E-state index contributed by atoms with van der Waals surface area (Å²) in [4.78, 5) is 21.7. The molecule has 0 bridgehead atoms. The van der Waals surface area contributed by atoms with Crippen molar-refractivity contribution in [2.24, 2.45) is 5.73 Å². The third-order valence-corrected chi connectivity index (χ3v) is 2.43. The molecule has 0 heterocycles. The largest absolute Gasteiger partial charge is 0.493 e. The molecular formula is C13H19N3O4. The van der Waals surface area contributed by atoms with Gasteiger partial charge in [-0.3, -0.25) is 10.1 Å². The molecule has 20 heavy (non-hydrogen) atoms. The lowest BCUT2D eigenvalue weighted by Gasteiger charge is -2.12. The van der Waals surface area contributed by atoms with Crippen molar-refractivity contribution in [3.8, 4) is 11.5 Å². The summed E-state index contributed by atoms with van der Waals surface area (Å²) in [6, 6.07) is 4.49. The van der Waals surface area contributed by atoms with E-state index in [0.717, 1.165) is 18.7 Å². The maximum absolute atomic E-state index is 11.2. The van der Waals surface area contributed by atoms with Crippen molar-refractivity contribution in [2.75, 3.05) is 20.3 Å². The lowest BCUT2D eigenvalue weighted by atomic mass is 10.2. The summed E-state index contributed by atoms with van der Waals surface area (Å²) in [7, 11) is 1.52. The van der Waals surface area contributed by atoms with Gasteiger partial charge in [-0.1, -0.05) is 13.0 Å². The standard InChI is InChI=1S/C13H19N3O4/c1-3-15-7-9-4-5-10(11(6-9)19-2)20-8-12(17)16-13(14)18/h4-6,15H,3,7-8H2,1-2H3,(H3,14,16,17,18). The maximum Gasteiger partial charge on any atom is 0.318 e. The van der Waals surface area contributed by atoms with Crippen LogP contribution in [0.5, 0.6) is 11.5 Å². The Kier molecular flexibility index (Phi) is 6.31. The van der Waals surface area contributed by atoms with E-state index in [1.165, 1.54) is 7.11 Å². The van der Waals surface area contributed by atoms with Crippen LogP contribution in [0.25, 0.3) is 0 Å². The Bertz CT molecular complexity index is 477. The Morgan fingerprint density at radius 2 is 2.05 bits per heavy atom. The highest BCUT2D eigenvalue weighted by molar-refractivity contribution is 5.94. The van der Waals surface area contributed by atoms with Crippen LogP contribution in [-0.4, -0.2) is 32.2 Å². The number of hydrogen-bond acceptors (Lipinski definition) is 5. The second-order valence-corrected chi connectivity index (χ2v) is 3.97. The molecule has 0 fully saturated rings. The number of carbonyl (C=O) groups excluding carboxylic acids is 2. The number of benzene rings is 1. The quantitative estimate of drug-likeness (QED) is 0.670. The zero-order valence-electron chi connectivity index (χ0n) is 11.6. The van der Waals surface area contributed by atoms with Gasteiger partial charge in [0.25, 0.3) is 5.91 Å². The van der Waals surface area contributed by atoms with Crippen molar-refractivity contribution in [3.05, 3.63) is 23.8 Å². The lowest BCUT2D eigenvalue weighted by molar-refractivity contribution is -0.121. The number of carbonyl (C=O) groups is 2. The van der Waals surface area contributed by atoms with Crippen molar-refractivity contribution >= 4 is 11.9 Å². The van der Waals surface area contributed by atoms with Crippen LogP contribution in [0.2, 0.25) is 0 Å². The normalized spacial score (nSPS) is 9.90. The first-order valence-electron chi connectivity index (χ1n) is 6.16. The fourth-order valence-corrected chi connectivity index (χ4v) is 1.53. The molecule has 0 radical (unpaired) electrons. The number of amides is 3. The topological polar surface area (TPSA) is 103 Å². The Morgan fingerprint density at radius 3 is 2.65 bits per heavy atom. The zero-order chi connectivity index (χ0) is 15.0. The first-order valence-corrected chi connectivity index (χ1v) is 6.16. The molecule has 1 aromatic rings. The van der Waals surface area contributed by atoms with Crippen molar-refractivity contribution in [2.45, 2.75) is 13.5 Å². The molecule has 1 rings (SSSR count). The van der Waals surface area contributed by atoms with Crippen molar-refractivity contribution < 1.29 is 19.1 Å². The van der Waals surface area contributed by atoms with Crippen LogP contribution in [0, 0.1) is 0 Å². The number of hydrogen-bond donors (Lipinski definition) is 3. The third kappa shape index (κ3) is 5.15. The highest BCUT2D eigenvalue weighted by Crippen LogP contribution is 2.27. The van der Waals surface area contributed by atoms with E-state index in [-0.39, 0.29) is 6.61 Å². The molecule has 0 aliphatic carbocycles. The van der Waals surface area contributed by atoms with Gasteiger partial charge in [-0.2, -0.15) is 0 Å². The molecule has 7 heteroatoms. The molecule has 0 aliphatic heterocycles. The average molecular weight is 281 g/mol. The van der Waals surface area contributed by atoms with E-state index < -0.39 is 11.9 Å². The summed E-state index contributed by atoms with van der Waals surface area (Å²) in [5.74, 6) is 0.330. The number of methoxy groups -OCH3 is 1. The van der Waals surface area contributed by atoms with E-state index >= 15 is 0 Å². The molecule has 7 nitrogen and oxygen atoms in total. The van der Waals surface area contributed by atoms with Crippen LogP contribution in [-0.2, 0) is 11.3 Å². The fourth-order valence-electron chi connectivity index (χ4n) is 1.53. The van der Waals surface area contributed by atoms with Crippen LogP contribution in [0.3, 0.4) is 0 Å². The number of ether oxygens (including phenoxy) is 2. The van der Waals surface area contributed by atoms with Gasteiger partial charge in [-0.25, -0.2) is 4.79 Å². The SMILES string of the molecule is CCNCc1ccc(OCC(=O)NC(N)=O)c(OC)c1. The molecule has 3 amide bonds. The number of urea groups is 1. The van der Waals surface area contributed by atoms with Gasteiger partial charge >= 0.3 is 6.03 Å². The molecule has 1 aromatic carbocycles. The zero-order valence-corrected chi connectivity index (χ0v) is 11.6. The summed E-state index contributed by atoms with van der Waals surface area (Å²) < 4.78 is 10.5. The summed E-state index contributed by atoms with van der Waals surface area (Å²) in [5, 5.41) is 5.11. The minimum absolute atomic E-state index is 0.314. The highest BCUT2D eigenvalue weighted by atomic mass is 16.5. The fraction of sp³-hybridized carbons (Fsp3) is 0.385. The van der Waals surface area contributed by atoms with Gasteiger partial charge in [0.2, 0.25) is 0 Å². The third-order valence-electron chi connectivity index (χ3n) is 2.43. The van der Waals surface area contributed by atoms with Gasteiger partial charge in [-0.15, -0.1) is 0 Å². The second kappa shape index (κ2) is 8.00. The molecule has 0 atom stereocenters. The van der Waals surface area contributed by atoms with Crippen LogP contribution in [0.15, 0.2) is 18.2 Å². The van der Waals surface area contributed by atoms with Crippen molar-refractivity contribution in [1.29, 1.82) is 0 Å². The molecule has 0 aliphatic rings. The predicted octanol–water partition coefficient (Wildman–Crippen LogP) is 0.378. The number of imide groups is 1. The van der Waals surface area contributed by atoms with E-state index in [4.69, 9.17) is 15.2 Å².